The highest BCUT2D eigenvalue weighted by Gasteiger charge is 2.12. The van der Waals surface area contributed by atoms with Gasteiger partial charge in [-0.25, -0.2) is 0 Å². The first-order chi connectivity index (χ1) is 9.54. The molecule has 0 radical (unpaired) electrons. The van der Waals surface area contributed by atoms with E-state index in [0.29, 0.717) is 12.1 Å². The lowest BCUT2D eigenvalue weighted by Crippen LogP contribution is -2.32. The van der Waals surface area contributed by atoms with Crippen molar-refractivity contribution < 1.29 is 4.74 Å². The molecule has 0 aromatic heterocycles. The average Bonchev–Trinajstić information content (AvgIpc) is 2.43. The predicted molar refractivity (Wildman–Crippen MR) is 86.3 cm³/mol. The third kappa shape index (κ3) is 5.93. The van der Waals surface area contributed by atoms with E-state index in [-0.39, 0.29) is 0 Å². The molecule has 2 unspecified atom stereocenters. The van der Waals surface area contributed by atoms with E-state index in [1.54, 1.807) is 7.11 Å². The van der Waals surface area contributed by atoms with E-state index in [2.05, 4.69) is 37.9 Å². The summed E-state index contributed by atoms with van der Waals surface area (Å²) < 4.78 is 5.42. The van der Waals surface area contributed by atoms with Crippen molar-refractivity contribution in [1.29, 1.82) is 0 Å². The summed E-state index contributed by atoms with van der Waals surface area (Å²) in [6.45, 7) is 5.48. The molecule has 0 aliphatic heterocycles. The third-order valence-corrected chi connectivity index (χ3v) is 3.88. The maximum Gasteiger partial charge on any atom is 0.122 e. The predicted octanol–water partition coefficient (Wildman–Crippen LogP) is 3.08. The number of methoxy groups -OCH3 is 1. The molecular weight excluding hydrogens is 248 g/mol. The van der Waals surface area contributed by atoms with Crippen molar-refractivity contribution in [2.45, 2.75) is 51.6 Å². The van der Waals surface area contributed by atoms with Gasteiger partial charge >= 0.3 is 0 Å². The van der Waals surface area contributed by atoms with Crippen molar-refractivity contribution in [3.8, 4) is 5.75 Å². The minimum absolute atomic E-state index is 0.325. The van der Waals surface area contributed by atoms with Gasteiger partial charge in [0.2, 0.25) is 0 Å². The Labute approximate surface area is 124 Å². The molecule has 20 heavy (non-hydrogen) atoms. The van der Waals surface area contributed by atoms with E-state index in [1.165, 1.54) is 18.4 Å². The van der Waals surface area contributed by atoms with E-state index in [1.807, 2.05) is 12.1 Å². The number of likely N-dealkylation sites (N-methyl/N-ethyl adjacent to an activating group) is 1. The first kappa shape index (κ1) is 17.0. The second kappa shape index (κ2) is 8.98. The Balaban J connectivity index is 2.39. The standard InChI is InChI=1S/C17H30N2O/c1-14(18)9-7-8-12-19(3)15(2)13-16-10-5-6-11-17(16)20-4/h5-6,10-11,14-15H,7-9,12-13,18H2,1-4H3. The number of nitrogens with two attached hydrogens (primary N) is 1. The first-order valence-corrected chi connectivity index (χ1v) is 7.62. The second-order valence-corrected chi connectivity index (χ2v) is 5.82. The van der Waals surface area contributed by atoms with Crippen LogP contribution in [0.15, 0.2) is 24.3 Å². The van der Waals surface area contributed by atoms with E-state index < -0.39 is 0 Å². The Morgan fingerprint density at radius 1 is 1.20 bits per heavy atom. The summed E-state index contributed by atoms with van der Waals surface area (Å²) in [4.78, 5) is 2.42. The van der Waals surface area contributed by atoms with Gasteiger partial charge in [0, 0.05) is 12.1 Å². The molecule has 0 aliphatic rings. The SMILES string of the molecule is COc1ccccc1CC(C)N(C)CCCCC(C)N. The average molecular weight is 278 g/mol. The molecule has 1 aromatic rings. The Hall–Kier alpha value is -1.06. The van der Waals surface area contributed by atoms with Crippen LogP contribution in [-0.4, -0.2) is 37.7 Å². The molecule has 0 saturated carbocycles. The lowest BCUT2D eigenvalue weighted by molar-refractivity contribution is 0.248. The van der Waals surface area contributed by atoms with Crippen molar-refractivity contribution in [1.82, 2.24) is 4.90 Å². The van der Waals surface area contributed by atoms with Crippen LogP contribution < -0.4 is 10.5 Å². The van der Waals surface area contributed by atoms with Gasteiger partial charge in [0.25, 0.3) is 0 Å². The second-order valence-electron chi connectivity index (χ2n) is 5.82. The van der Waals surface area contributed by atoms with E-state index in [9.17, 15) is 0 Å². The van der Waals surface area contributed by atoms with Crippen LogP contribution in [0.4, 0.5) is 0 Å². The molecule has 3 heteroatoms. The molecule has 114 valence electrons. The summed E-state index contributed by atoms with van der Waals surface area (Å²) in [7, 11) is 3.94. The van der Waals surface area contributed by atoms with Crippen LogP contribution in [0.3, 0.4) is 0 Å². The van der Waals surface area contributed by atoms with Gasteiger partial charge in [-0.1, -0.05) is 24.6 Å². The highest BCUT2D eigenvalue weighted by atomic mass is 16.5. The largest absolute Gasteiger partial charge is 0.496 e. The van der Waals surface area contributed by atoms with Crippen LogP contribution in [0.25, 0.3) is 0 Å². The number of rotatable bonds is 9. The smallest absolute Gasteiger partial charge is 0.122 e. The molecule has 0 bridgehead atoms. The van der Waals surface area contributed by atoms with Crippen LogP contribution >= 0.6 is 0 Å². The van der Waals surface area contributed by atoms with Crippen molar-refractivity contribution in [2.75, 3.05) is 20.7 Å². The van der Waals surface area contributed by atoms with Crippen LogP contribution in [0.1, 0.15) is 38.7 Å². The quantitative estimate of drug-likeness (QED) is 0.706. The number of para-hydroxylation sites is 1. The van der Waals surface area contributed by atoms with Crippen molar-refractivity contribution >= 4 is 0 Å². The Morgan fingerprint density at radius 2 is 1.90 bits per heavy atom. The van der Waals surface area contributed by atoms with Gasteiger partial charge in [-0.05, 0) is 58.3 Å². The van der Waals surface area contributed by atoms with Gasteiger partial charge in [-0.2, -0.15) is 0 Å². The topological polar surface area (TPSA) is 38.5 Å². The Morgan fingerprint density at radius 3 is 2.55 bits per heavy atom. The lowest BCUT2D eigenvalue weighted by atomic mass is 10.0. The third-order valence-electron chi connectivity index (χ3n) is 3.88. The van der Waals surface area contributed by atoms with Crippen LogP contribution in [-0.2, 0) is 6.42 Å². The number of hydrogen-bond acceptors (Lipinski definition) is 3. The maximum atomic E-state index is 5.78. The summed E-state index contributed by atoms with van der Waals surface area (Å²) in [6, 6.07) is 9.12. The molecule has 3 nitrogen and oxygen atoms in total. The van der Waals surface area contributed by atoms with E-state index in [0.717, 1.165) is 25.1 Å². The molecule has 0 fully saturated rings. The number of unbranched alkanes of at least 4 members (excludes halogenated alkanes) is 1. The molecule has 2 atom stereocenters. The molecule has 0 amide bonds. The van der Waals surface area contributed by atoms with Crippen LogP contribution in [0, 0.1) is 0 Å². The van der Waals surface area contributed by atoms with Crippen molar-refractivity contribution in [2.24, 2.45) is 5.73 Å². The highest BCUT2D eigenvalue weighted by molar-refractivity contribution is 5.33. The molecule has 1 aromatic carbocycles. The number of ether oxygens (including phenoxy) is 1. The summed E-state index contributed by atoms with van der Waals surface area (Å²) in [5, 5.41) is 0. The van der Waals surface area contributed by atoms with Crippen LogP contribution in [0.2, 0.25) is 0 Å². The molecule has 0 saturated heterocycles. The summed E-state index contributed by atoms with van der Waals surface area (Å²) >= 11 is 0. The summed E-state index contributed by atoms with van der Waals surface area (Å²) in [5.74, 6) is 0.990. The molecule has 1 rings (SSSR count). The summed E-state index contributed by atoms with van der Waals surface area (Å²) in [5.41, 5.74) is 7.06. The fourth-order valence-corrected chi connectivity index (χ4v) is 2.39. The monoisotopic (exact) mass is 278 g/mol. The minimum Gasteiger partial charge on any atom is -0.496 e. The van der Waals surface area contributed by atoms with Gasteiger partial charge in [-0.3, -0.25) is 0 Å². The molecule has 0 heterocycles. The molecule has 0 aliphatic carbocycles. The van der Waals surface area contributed by atoms with Crippen LogP contribution in [0.5, 0.6) is 5.75 Å². The molecular formula is C17H30N2O. The van der Waals surface area contributed by atoms with Gasteiger partial charge in [0.15, 0.2) is 0 Å². The zero-order valence-electron chi connectivity index (χ0n) is 13.4. The normalized spacial score (nSPS) is 14.3. The zero-order valence-corrected chi connectivity index (χ0v) is 13.4. The lowest BCUT2D eigenvalue weighted by Gasteiger charge is -2.25. The Bertz CT molecular complexity index is 379. The molecule has 0 spiro atoms. The van der Waals surface area contributed by atoms with Crippen molar-refractivity contribution in [3.63, 3.8) is 0 Å². The highest BCUT2D eigenvalue weighted by Crippen LogP contribution is 2.20. The van der Waals surface area contributed by atoms with Gasteiger partial charge < -0.3 is 15.4 Å². The fourth-order valence-electron chi connectivity index (χ4n) is 2.39. The number of nitrogens with zero attached hydrogens (tertiary/aromatic N) is 1. The van der Waals surface area contributed by atoms with Gasteiger partial charge in [-0.15, -0.1) is 0 Å². The van der Waals surface area contributed by atoms with Gasteiger partial charge in [0.1, 0.15) is 5.75 Å². The van der Waals surface area contributed by atoms with Gasteiger partial charge in [0.05, 0.1) is 7.11 Å². The zero-order chi connectivity index (χ0) is 15.0. The first-order valence-electron chi connectivity index (χ1n) is 7.62. The number of hydrogen-bond donors (Lipinski definition) is 1. The van der Waals surface area contributed by atoms with E-state index >= 15 is 0 Å². The fraction of sp³-hybridized carbons (Fsp3) is 0.647. The minimum atomic E-state index is 0.325. The maximum absolute atomic E-state index is 5.78. The Kier molecular flexibility index (Phi) is 7.63. The van der Waals surface area contributed by atoms with E-state index in [4.69, 9.17) is 10.5 Å². The van der Waals surface area contributed by atoms with Crippen molar-refractivity contribution in [3.05, 3.63) is 29.8 Å². The summed E-state index contributed by atoms with van der Waals surface area (Å²) in [6.07, 6.45) is 4.57. The molecule has 2 N–H and O–H groups in total. The number of benzene rings is 1.